The maximum atomic E-state index is 12.7. The van der Waals surface area contributed by atoms with Gasteiger partial charge in [0.2, 0.25) is 0 Å². The zero-order valence-corrected chi connectivity index (χ0v) is 11.5. The fraction of sp³-hybridized carbons (Fsp3) is 0.600. The van der Waals surface area contributed by atoms with Crippen LogP contribution in [0.15, 0.2) is 18.2 Å². The molecule has 0 spiro atoms. The summed E-state index contributed by atoms with van der Waals surface area (Å²) in [6.45, 7) is 0. The van der Waals surface area contributed by atoms with E-state index in [1.807, 2.05) is 0 Å². The second kappa shape index (κ2) is 5.40. The second-order valence-electron chi connectivity index (χ2n) is 5.93. The van der Waals surface area contributed by atoms with Gasteiger partial charge < -0.3 is 5.32 Å². The topological polar surface area (TPSA) is 42.0 Å². The van der Waals surface area contributed by atoms with Crippen LogP contribution in [-0.2, 0) is 6.18 Å². The number of halogens is 3. The molecule has 1 N–H and O–H groups in total. The molecule has 2 atom stereocenters. The molecular formula is C15H17F3N2O. The third-order valence-electron chi connectivity index (χ3n) is 4.38. The Morgan fingerprint density at radius 1 is 1.19 bits per heavy atom. The first-order valence-electron chi connectivity index (χ1n) is 7.28. The summed E-state index contributed by atoms with van der Waals surface area (Å²) in [5.74, 6) is -0.461. The van der Waals surface area contributed by atoms with Crippen molar-refractivity contribution in [3.8, 4) is 0 Å². The van der Waals surface area contributed by atoms with Gasteiger partial charge in [0.05, 0.1) is 0 Å². The number of Topliss-reactive ketones (excluding diaryl/α,β-unsaturated/α-hetero) is 1. The molecule has 2 fully saturated rings. The Labute approximate surface area is 120 Å². The van der Waals surface area contributed by atoms with Gasteiger partial charge in [-0.25, -0.2) is 4.98 Å². The van der Waals surface area contributed by atoms with Crippen LogP contribution in [0.1, 0.15) is 48.3 Å². The standard InChI is InChI=1S/C15H17F3N2O/c16-15(17,18)13-6-2-5-12(20-13)14(21)9-7-10-3-1-4-11(8-9)19-10/h2,5-6,9-11,19H,1,3-4,7-8H2. The summed E-state index contributed by atoms with van der Waals surface area (Å²) in [6.07, 6.45) is 0.124. The van der Waals surface area contributed by atoms with Crippen LogP contribution in [0.25, 0.3) is 0 Å². The highest BCUT2D eigenvalue weighted by molar-refractivity contribution is 5.96. The first-order chi connectivity index (χ1) is 9.93. The third kappa shape index (κ3) is 3.10. The van der Waals surface area contributed by atoms with E-state index in [4.69, 9.17) is 0 Å². The number of carbonyl (C=O) groups is 1. The highest BCUT2D eigenvalue weighted by atomic mass is 19.4. The van der Waals surface area contributed by atoms with Gasteiger partial charge in [-0.1, -0.05) is 12.5 Å². The van der Waals surface area contributed by atoms with Crippen molar-refractivity contribution in [3.05, 3.63) is 29.6 Å². The summed E-state index contributed by atoms with van der Waals surface area (Å²) in [6, 6.07) is 4.17. The predicted molar refractivity (Wildman–Crippen MR) is 70.9 cm³/mol. The molecule has 0 amide bonds. The molecule has 1 aromatic rings. The highest BCUT2D eigenvalue weighted by Crippen LogP contribution is 2.32. The summed E-state index contributed by atoms with van der Waals surface area (Å²) in [4.78, 5) is 16.0. The van der Waals surface area contributed by atoms with Crippen LogP contribution in [0.4, 0.5) is 13.2 Å². The lowest BCUT2D eigenvalue weighted by atomic mass is 9.78. The van der Waals surface area contributed by atoms with Gasteiger partial charge in [-0.3, -0.25) is 4.79 Å². The fourth-order valence-electron chi connectivity index (χ4n) is 3.42. The number of carbonyl (C=O) groups excluding carboxylic acids is 1. The number of alkyl halides is 3. The maximum absolute atomic E-state index is 12.7. The van der Waals surface area contributed by atoms with E-state index in [2.05, 4.69) is 10.3 Å². The maximum Gasteiger partial charge on any atom is 0.433 e. The summed E-state index contributed by atoms with van der Waals surface area (Å²) in [5, 5.41) is 3.47. The van der Waals surface area contributed by atoms with Crippen molar-refractivity contribution < 1.29 is 18.0 Å². The molecule has 6 heteroatoms. The molecule has 3 heterocycles. The SMILES string of the molecule is O=C(c1cccc(C(F)(F)F)n1)C1CC2CCCC(C1)N2. The molecule has 1 aromatic heterocycles. The zero-order valence-electron chi connectivity index (χ0n) is 11.5. The van der Waals surface area contributed by atoms with Crippen LogP contribution in [0, 0.1) is 5.92 Å². The van der Waals surface area contributed by atoms with Crippen LogP contribution in [-0.4, -0.2) is 22.9 Å². The molecule has 0 aromatic carbocycles. The van der Waals surface area contributed by atoms with Gasteiger partial charge in [-0.15, -0.1) is 0 Å². The summed E-state index contributed by atoms with van der Waals surface area (Å²) < 4.78 is 38.0. The number of rotatable bonds is 2. The molecule has 2 aliphatic rings. The van der Waals surface area contributed by atoms with E-state index in [-0.39, 0.29) is 17.4 Å². The monoisotopic (exact) mass is 298 g/mol. The average Bonchev–Trinajstić information content (AvgIpc) is 2.45. The number of piperidine rings is 2. The van der Waals surface area contributed by atoms with Crippen LogP contribution in [0.5, 0.6) is 0 Å². The van der Waals surface area contributed by atoms with Crippen LogP contribution >= 0.6 is 0 Å². The zero-order chi connectivity index (χ0) is 15.0. The van der Waals surface area contributed by atoms with Gasteiger partial charge in [0.15, 0.2) is 5.78 Å². The van der Waals surface area contributed by atoms with Gasteiger partial charge in [0.25, 0.3) is 0 Å². The van der Waals surface area contributed by atoms with Gasteiger partial charge in [0, 0.05) is 18.0 Å². The van der Waals surface area contributed by atoms with E-state index >= 15 is 0 Å². The Morgan fingerprint density at radius 2 is 1.86 bits per heavy atom. The van der Waals surface area contributed by atoms with E-state index in [0.717, 1.165) is 25.3 Å². The van der Waals surface area contributed by atoms with Crippen molar-refractivity contribution in [3.63, 3.8) is 0 Å². The molecule has 2 bridgehead atoms. The Balaban J connectivity index is 1.79. The molecule has 3 nitrogen and oxygen atoms in total. The third-order valence-corrected chi connectivity index (χ3v) is 4.38. The van der Waals surface area contributed by atoms with Crippen molar-refractivity contribution >= 4 is 5.78 Å². The molecule has 21 heavy (non-hydrogen) atoms. The summed E-state index contributed by atoms with van der Waals surface area (Å²) in [7, 11) is 0. The average molecular weight is 298 g/mol. The van der Waals surface area contributed by atoms with E-state index < -0.39 is 11.9 Å². The number of pyridine rings is 1. The summed E-state index contributed by atoms with van der Waals surface area (Å²) in [5.41, 5.74) is -1.06. The van der Waals surface area contributed by atoms with Gasteiger partial charge in [0.1, 0.15) is 11.4 Å². The van der Waals surface area contributed by atoms with Crippen molar-refractivity contribution in [1.29, 1.82) is 0 Å². The van der Waals surface area contributed by atoms with Crippen LogP contribution in [0.3, 0.4) is 0 Å². The number of hydrogen-bond donors (Lipinski definition) is 1. The Bertz CT molecular complexity index is 532. The molecule has 2 saturated heterocycles. The number of aromatic nitrogens is 1. The minimum absolute atomic E-state index is 0.0604. The normalized spacial score (nSPS) is 29.2. The van der Waals surface area contributed by atoms with Crippen molar-refractivity contribution in [2.75, 3.05) is 0 Å². The lowest BCUT2D eigenvalue weighted by Crippen LogP contribution is -2.50. The van der Waals surface area contributed by atoms with Gasteiger partial charge in [-0.2, -0.15) is 13.2 Å². The van der Waals surface area contributed by atoms with E-state index in [9.17, 15) is 18.0 Å². The number of ketones is 1. The molecule has 2 aliphatic heterocycles. The molecule has 0 radical (unpaired) electrons. The van der Waals surface area contributed by atoms with Crippen LogP contribution < -0.4 is 5.32 Å². The van der Waals surface area contributed by atoms with E-state index in [1.54, 1.807) is 0 Å². The Kier molecular flexibility index (Phi) is 3.73. The molecule has 2 unspecified atom stereocenters. The Morgan fingerprint density at radius 3 is 2.48 bits per heavy atom. The highest BCUT2D eigenvalue weighted by Gasteiger charge is 2.37. The van der Waals surface area contributed by atoms with Gasteiger partial charge in [-0.05, 0) is 37.8 Å². The molecular weight excluding hydrogens is 281 g/mol. The molecule has 0 saturated carbocycles. The minimum Gasteiger partial charge on any atom is -0.311 e. The predicted octanol–water partition coefficient (Wildman–Crippen LogP) is 3.20. The van der Waals surface area contributed by atoms with E-state index in [0.29, 0.717) is 24.9 Å². The van der Waals surface area contributed by atoms with Crippen LogP contribution in [0.2, 0.25) is 0 Å². The first kappa shape index (κ1) is 14.5. The largest absolute Gasteiger partial charge is 0.433 e. The number of nitrogens with one attached hydrogen (secondary N) is 1. The number of hydrogen-bond acceptors (Lipinski definition) is 3. The van der Waals surface area contributed by atoms with Crippen molar-refractivity contribution in [1.82, 2.24) is 10.3 Å². The summed E-state index contributed by atoms with van der Waals surface area (Å²) >= 11 is 0. The Hall–Kier alpha value is -1.43. The molecule has 3 rings (SSSR count). The first-order valence-corrected chi connectivity index (χ1v) is 7.28. The lowest BCUT2D eigenvalue weighted by molar-refractivity contribution is -0.141. The van der Waals surface area contributed by atoms with Crippen molar-refractivity contribution in [2.45, 2.75) is 50.4 Å². The fourth-order valence-corrected chi connectivity index (χ4v) is 3.42. The number of fused-ring (bicyclic) bond motifs is 2. The number of nitrogens with zero attached hydrogens (tertiary/aromatic N) is 1. The smallest absolute Gasteiger partial charge is 0.311 e. The van der Waals surface area contributed by atoms with Gasteiger partial charge >= 0.3 is 6.18 Å². The molecule has 114 valence electrons. The minimum atomic E-state index is -4.51. The second-order valence-corrected chi connectivity index (χ2v) is 5.93. The quantitative estimate of drug-likeness (QED) is 0.853. The van der Waals surface area contributed by atoms with E-state index in [1.165, 1.54) is 12.1 Å². The molecule has 0 aliphatic carbocycles. The lowest BCUT2D eigenvalue weighted by Gasteiger charge is -2.39. The van der Waals surface area contributed by atoms with Crippen molar-refractivity contribution in [2.24, 2.45) is 5.92 Å².